The van der Waals surface area contributed by atoms with Crippen molar-refractivity contribution < 1.29 is 36.2 Å². The van der Waals surface area contributed by atoms with E-state index in [9.17, 15) is 31.5 Å². The Morgan fingerprint density at radius 2 is 1.93 bits per heavy atom. The topological polar surface area (TPSA) is 143 Å². The number of rotatable bonds is 6. The molecule has 29 heavy (non-hydrogen) atoms. The van der Waals surface area contributed by atoms with Gasteiger partial charge in [0.15, 0.2) is 0 Å². The van der Waals surface area contributed by atoms with Crippen LogP contribution in [0, 0.1) is 6.92 Å². The first-order valence-electron chi connectivity index (χ1n) is 7.89. The predicted molar refractivity (Wildman–Crippen MR) is 92.9 cm³/mol. The minimum atomic E-state index is -4.62. The summed E-state index contributed by atoms with van der Waals surface area (Å²) in [4.78, 5) is 22.6. The number of halogens is 3. The molecule has 0 saturated heterocycles. The second kappa shape index (κ2) is 8.46. The van der Waals surface area contributed by atoms with Crippen molar-refractivity contribution in [1.29, 1.82) is 0 Å². The molecule has 0 unspecified atom stereocenters. The third-order valence-corrected chi connectivity index (χ3v) is 4.83. The Morgan fingerprint density at radius 3 is 2.55 bits per heavy atom. The van der Waals surface area contributed by atoms with Gasteiger partial charge >= 0.3 is 18.2 Å². The van der Waals surface area contributed by atoms with E-state index in [0.717, 1.165) is 18.2 Å². The first-order valence-corrected chi connectivity index (χ1v) is 9.37. The van der Waals surface area contributed by atoms with Gasteiger partial charge in [-0.05, 0) is 25.5 Å². The van der Waals surface area contributed by atoms with Gasteiger partial charge in [-0.1, -0.05) is 6.07 Å². The molecule has 0 aliphatic rings. The van der Waals surface area contributed by atoms with Crippen LogP contribution in [0.5, 0.6) is 11.8 Å². The fourth-order valence-corrected chi connectivity index (χ4v) is 3.43. The molecule has 2 aromatic rings. The van der Waals surface area contributed by atoms with E-state index in [2.05, 4.69) is 20.3 Å². The van der Waals surface area contributed by atoms with E-state index >= 15 is 0 Å². The smallest absolute Gasteiger partial charge is 0.389 e. The number of phenols is 1. The van der Waals surface area contributed by atoms with Crippen LogP contribution in [0.2, 0.25) is 0 Å². The number of carbonyl (C=O) groups excluding carboxylic acids is 1. The van der Waals surface area contributed by atoms with Gasteiger partial charge in [-0.3, -0.25) is 5.32 Å². The van der Waals surface area contributed by atoms with E-state index in [1.54, 1.807) is 4.72 Å². The Labute approximate surface area is 163 Å². The molecule has 0 spiro atoms. The molecule has 2 amide bonds. The van der Waals surface area contributed by atoms with Crippen molar-refractivity contribution in [3.05, 3.63) is 29.6 Å². The Hall–Kier alpha value is -3.16. The molecule has 0 fully saturated rings. The zero-order chi connectivity index (χ0) is 21.8. The van der Waals surface area contributed by atoms with Crippen molar-refractivity contribution in [2.24, 2.45) is 0 Å². The lowest BCUT2D eigenvalue weighted by Gasteiger charge is -2.14. The van der Waals surface area contributed by atoms with Gasteiger partial charge < -0.3 is 9.84 Å². The first-order chi connectivity index (χ1) is 13.4. The Bertz CT molecular complexity index is 1010. The van der Waals surface area contributed by atoms with E-state index in [-0.39, 0.29) is 17.8 Å². The number of ether oxygens (including phenoxy) is 1. The molecule has 158 valence electrons. The number of urea groups is 1. The predicted octanol–water partition coefficient (Wildman–Crippen LogP) is 1.90. The van der Waals surface area contributed by atoms with Gasteiger partial charge in [0.05, 0.1) is 12.0 Å². The second-order valence-corrected chi connectivity index (χ2v) is 7.27. The van der Waals surface area contributed by atoms with E-state index in [1.807, 2.05) is 0 Å². The van der Waals surface area contributed by atoms with Crippen LogP contribution in [0.4, 0.5) is 23.9 Å². The summed E-state index contributed by atoms with van der Waals surface area (Å²) in [5.74, 6) is -0.775. The minimum Gasteiger partial charge on any atom is -0.508 e. The number of phenolic OH excluding ortho intramolecular Hbond substituents is 1. The maximum absolute atomic E-state index is 12.5. The Balaban J connectivity index is 2.24. The van der Waals surface area contributed by atoms with E-state index in [4.69, 9.17) is 4.74 Å². The molecular weight excluding hydrogens is 419 g/mol. The zero-order valence-corrected chi connectivity index (χ0v) is 15.9. The highest BCUT2D eigenvalue weighted by molar-refractivity contribution is 7.90. The first kappa shape index (κ1) is 22.1. The molecular formula is C15H16F3N5O5S. The number of benzene rings is 1. The number of aryl methyl sites for hydroxylation is 1. The lowest BCUT2D eigenvalue weighted by atomic mass is 10.1. The lowest BCUT2D eigenvalue weighted by molar-refractivity contribution is -0.134. The maximum atomic E-state index is 12.5. The molecule has 2 rings (SSSR count). The number of hydrogen-bond donors (Lipinski definition) is 3. The lowest BCUT2D eigenvalue weighted by Crippen LogP contribution is -2.35. The highest BCUT2D eigenvalue weighted by atomic mass is 32.2. The van der Waals surface area contributed by atoms with Gasteiger partial charge in [-0.25, -0.2) is 17.9 Å². The molecule has 0 aliphatic heterocycles. The van der Waals surface area contributed by atoms with Crippen LogP contribution >= 0.6 is 0 Å². The summed E-state index contributed by atoms with van der Waals surface area (Å²) >= 11 is 0. The molecule has 0 radical (unpaired) electrons. The van der Waals surface area contributed by atoms with E-state index in [1.165, 1.54) is 14.0 Å². The molecule has 1 aromatic heterocycles. The fraction of sp³-hybridized carbons (Fsp3) is 0.333. The number of amides is 2. The zero-order valence-electron chi connectivity index (χ0n) is 15.1. The van der Waals surface area contributed by atoms with Gasteiger partial charge in [0.25, 0.3) is 10.0 Å². The largest absolute Gasteiger partial charge is 0.508 e. The van der Waals surface area contributed by atoms with E-state index < -0.39 is 51.3 Å². The molecule has 0 saturated carbocycles. The average Bonchev–Trinajstić information content (AvgIpc) is 2.58. The molecule has 3 N–H and O–H groups in total. The molecule has 0 atom stereocenters. The third-order valence-electron chi connectivity index (χ3n) is 3.42. The monoisotopic (exact) mass is 435 g/mol. The summed E-state index contributed by atoms with van der Waals surface area (Å²) in [5, 5.41) is 11.9. The number of aromatic nitrogens is 3. The highest BCUT2D eigenvalue weighted by Gasteiger charge is 2.30. The minimum absolute atomic E-state index is 0.127. The van der Waals surface area contributed by atoms with Crippen molar-refractivity contribution in [3.63, 3.8) is 0 Å². The Morgan fingerprint density at radius 1 is 1.24 bits per heavy atom. The fourth-order valence-electron chi connectivity index (χ4n) is 2.23. The summed E-state index contributed by atoms with van der Waals surface area (Å²) in [6.07, 6.45) is -6.72. The van der Waals surface area contributed by atoms with Crippen molar-refractivity contribution in [1.82, 2.24) is 19.7 Å². The summed E-state index contributed by atoms with van der Waals surface area (Å²) in [5.41, 5.74) is -0.470. The molecule has 10 nitrogen and oxygen atoms in total. The SMILES string of the molecule is COc1nc(C)nc(NC(=O)NS(=O)(=O)c2cccc(O)c2CCC(F)(F)F)n1. The van der Waals surface area contributed by atoms with Crippen LogP contribution in [0.25, 0.3) is 0 Å². The summed E-state index contributed by atoms with van der Waals surface area (Å²) in [6, 6.07) is 1.74. The van der Waals surface area contributed by atoms with Crippen molar-refractivity contribution in [2.45, 2.75) is 30.8 Å². The van der Waals surface area contributed by atoms with Crippen LogP contribution < -0.4 is 14.8 Å². The van der Waals surface area contributed by atoms with Gasteiger partial charge in [-0.15, -0.1) is 0 Å². The quantitative estimate of drug-likeness (QED) is 0.624. The Kier molecular flexibility index (Phi) is 6.46. The number of methoxy groups -OCH3 is 1. The number of hydrogen-bond acceptors (Lipinski definition) is 8. The van der Waals surface area contributed by atoms with Crippen LogP contribution in [-0.4, -0.2) is 47.8 Å². The van der Waals surface area contributed by atoms with Crippen molar-refractivity contribution >= 4 is 22.0 Å². The normalized spacial score (nSPS) is 11.8. The van der Waals surface area contributed by atoms with Crippen LogP contribution in [0.3, 0.4) is 0 Å². The summed E-state index contributed by atoms with van der Waals surface area (Å²) in [6.45, 7) is 1.48. The number of carbonyl (C=O) groups is 1. The van der Waals surface area contributed by atoms with Gasteiger partial charge in [-0.2, -0.15) is 28.1 Å². The summed E-state index contributed by atoms with van der Waals surface area (Å²) in [7, 11) is -3.35. The third kappa shape index (κ3) is 6.17. The van der Waals surface area contributed by atoms with Crippen LogP contribution in [0.15, 0.2) is 23.1 Å². The molecule has 14 heteroatoms. The van der Waals surface area contributed by atoms with Crippen molar-refractivity contribution in [3.8, 4) is 11.8 Å². The van der Waals surface area contributed by atoms with Gasteiger partial charge in [0.1, 0.15) is 11.6 Å². The molecule has 1 heterocycles. The molecule has 0 aliphatic carbocycles. The molecule has 0 bridgehead atoms. The highest BCUT2D eigenvalue weighted by Crippen LogP contribution is 2.30. The van der Waals surface area contributed by atoms with Gasteiger partial charge in [0, 0.05) is 12.0 Å². The summed E-state index contributed by atoms with van der Waals surface area (Å²) < 4.78 is 68.9. The number of anilines is 1. The number of alkyl halides is 3. The second-order valence-electron chi connectivity index (χ2n) is 5.62. The van der Waals surface area contributed by atoms with E-state index in [0.29, 0.717) is 0 Å². The number of nitrogens with one attached hydrogen (secondary N) is 2. The van der Waals surface area contributed by atoms with Crippen LogP contribution in [0.1, 0.15) is 17.8 Å². The average molecular weight is 435 g/mol. The van der Waals surface area contributed by atoms with Crippen LogP contribution in [-0.2, 0) is 16.4 Å². The maximum Gasteiger partial charge on any atom is 0.389 e. The number of sulfonamides is 1. The standard InChI is InChI=1S/C15H16F3N5O5S/c1-8-19-12(22-14(20-8)28-2)21-13(25)23-29(26,27)11-5-3-4-10(24)9(11)6-7-15(16,17)18/h3-5,24H,6-7H2,1-2H3,(H2,19,20,21,22,23,25). The van der Waals surface area contributed by atoms with Gasteiger partial charge in [0.2, 0.25) is 5.95 Å². The number of aromatic hydroxyl groups is 1. The number of nitrogens with zero attached hydrogens (tertiary/aromatic N) is 3. The molecule has 1 aromatic carbocycles. The van der Waals surface area contributed by atoms with Crippen molar-refractivity contribution in [2.75, 3.05) is 12.4 Å².